The largest absolute Gasteiger partial charge is 0.268 e. The second-order valence-electron chi connectivity index (χ2n) is 32.0. The number of anilines is 6. The van der Waals surface area contributed by atoms with Gasteiger partial charge in [-0.25, -0.2) is 29.4 Å². The van der Waals surface area contributed by atoms with E-state index < -0.39 is 0 Å². The number of nitrogens with zero attached hydrogens (tertiary/aromatic N) is 6. The van der Waals surface area contributed by atoms with E-state index in [1.165, 1.54) is 19.6 Å². The average Bonchev–Trinajstić information content (AvgIpc) is 1.64. The number of hydrogen-bond acceptors (Lipinski definition) is 12. The lowest BCUT2D eigenvalue weighted by Gasteiger charge is -2.14. The first-order chi connectivity index (χ1) is 70.9. The van der Waals surface area contributed by atoms with Crippen molar-refractivity contribution >= 4 is 105 Å². The summed E-state index contributed by atoms with van der Waals surface area (Å²) >= 11 is 0. The number of carbonyl (C=O) groups excluding carboxylic acids is 12. The van der Waals surface area contributed by atoms with Crippen LogP contribution in [0.2, 0.25) is 0 Å². The fourth-order valence-electron chi connectivity index (χ4n) is 16.1. The Kier molecular flexibility index (Phi) is 30.7. The minimum Gasteiger partial charge on any atom is -0.268 e. The van der Waals surface area contributed by atoms with Gasteiger partial charge >= 0.3 is 0 Å². The molecule has 0 aromatic heterocycles. The summed E-state index contributed by atoms with van der Waals surface area (Å²) in [5, 5.41) is 0. The van der Waals surface area contributed by atoms with Crippen LogP contribution in [0.5, 0.6) is 0 Å². The quantitative estimate of drug-likeness (QED) is 0.112. The van der Waals surface area contributed by atoms with Crippen LogP contribution in [0.15, 0.2) is 315 Å². The number of terminal acetylenes is 2. The van der Waals surface area contributed by atoms with Gasteiger partial charge in [0.2, 0.25) is 0 Å². The number of amides is 12. The SMILES string of the molecule is C#Cc1ccc(N2C(=O)c3ccc(C#CC)cc3C2=O)cc1.C#Cc1cccc(N2C(=O)c3ccc(C#CC)cc3C2=O)c1.CC#Cc1ccc(N2C(=O)c3ccc(C#CC)cc3C2=O)cc1.CC#Cc1ccc2c(c1)C(=O)N(c1ccc(C#Cc3ccccc3)cc1)C2=O.CC#Cc1ccc2c(c1)C(=O)N(c1cccc(C#Cc3ccccc3)c1)C2=O.CC#Cc1cccc(N2C(=O)c3ccc(C#CC)cc3C2=O)c1. The molecule has 6 aliphatic rings. The highest BCUT2D eigenvalue weighted by molar-refractivity contribution is 6.39. The molecular weight excluding hydrogens is 1810 g/mol. The Morgan fingerprint density at radius 1 is 0.144 bits per heavy atom. The zero-order valence-electron chi connectivity index (χ0n) is 79.8. The maximum absolute atomic E-state index is 12.9. The van der Waals surface area contributed by atoms with Gasteiger partial charge in [-0.1, -0.05) is 137 Å². The van der Waals surface area contributed by atoms with Gasteiger partial charge < -0.3 is 0 Å². The van der Waals surface area contributed by atoms with Crippen molar-refractivity contribution in [3.05, 3.63) is 460 Å². The molecule has 12 amide bonds. The summed E-state index contributed by atoms with van der Waals surface area (Å²) in [6.07, 6.45) is 10.7. The van der Waals surface area contributed by atoms with Gasteiger partial charge in [0.25, 0.3) is 70.9 Å². The second-order valence-corrected chi connectivity index (χ2v) is 32.0. The molecule has 14 aromatic rings. The Morgan fingerprint density at radius 2 is 0.308 bits per heavy atom. The van der Waals surface area contributed by atoms with E-state index in [0.29, 0.717) is 129 Å². The van der Waals surface area contributed by atoms with E-state index in [9.17, 15) is 57.5 Å². The summed E-state index contributed by atoms with van der Waals surface area (Å²) in [7, 11) is 0. The average molecular weight is 1890 g/mol. The van der Waals surface area contributed by atoms with E-state index in [1.54, 1.807) is 286 Å². The Morgan fingerprint density at radius 3 is 0.548 bits per heavy atom. The highest BCUT2D eigenvalue weighted by atomic mass is 16.2. The van der Waals surface area contributed by atoms with Crippen LogP contribution < -0.4 is 29.4 Å². The molecule has 20 rings (SSSR count). The van der Waals surface area contributed by atoms with Gasteiger partial charge in [-0.05, 0) is 316 Å². The molecule has 0 N–H and O–H groups in total. The summed E-state index contributed by atoms with van der Waals surface area (Å²) in [4.78, 5) is 159. The highest BCUT2D eigenvalue weighted by Gasteiger charge is 2.43. The normalized spacial score (nSPS) is 12.2. The fraction of sp³-hybridized carbons (Fsp3) is 0.0625. The Balaban J connectivity index is 0.000000132. The van der Waals surface area contributed by atoms with Gasteiger partial charge in [0.15, 0.2) is 0 Å². The van der Waals surface area contributed by atoms with Crippen molar-refractivity contribution in [3.8, 4) is 143 Å². The number of benzene rings is 14. The van der Waals surface area contributed by atoms with Crippen LogP contribution >= 0.6 is 0 Å². The monoisotopic (exact) mass is 1890 g/mol. The first kappa shape index (κ1) is 99.1. The predicted octanol–water partition coefficient (Wildman–Crippen LogP) is 20.7. The third-order valence-corrected chi connectivity index (χ3v) is 22.7. The Bertz CT molecular complexity index is 8720. The number of rotatable bonds is 6. The van der Waals surface area contributed by atoms with Gasteiger partial charge in [-0.3, -0.25) is 57.5 Å². The smallest absolute Gasteiger partial charge is 0.266 e. The summed E-state index contributed by atoms with van der Waals surface area (Å²) in [5.74, 6) is 59.0. The maximum atomic E-state index is 12.9. The van der Waals surface area contributed by atoms with Crippen LogP contribution in [0.3, 0.4) is 0 Å². The lowest BCUT2D eigenvalue weighted by molar-refractivity contribution is 0.0910. The van der Waals surface area contributed by atoms with Gasteiger partial charge in [-0.15, -0.1) is 60.2 Å². The summed E-state index contributed by atoms with van der Waals surface area (Å²) < 4.78 is 0. The molecule has 6 aliphatic heterocycles. The zero-order chi connectivity index (χ0) is 103. The van der Waals surface area contributed by atoms with Crippen molar-refractivity contribution in [2.75, 3.05) is 29.4 Å². The van der Waals surface area contributed by atoms with Crippen molar-refractivity contribution in [1.82, 2.24) is 0 Å². The van der Waals surface area contributed by atoms with Crippen LogP contribution in [0.25, 0.3) is 0 Å². The van der Waals surface area contributed by atoms with Gasteiger partial charge in [-0.2, -0.15) is 0 Å². The maximum Gasteiger partial charge on any atom is 0.266 e. The first-order valence-electron chi connectivity index (χ1n) is 45.2. The molecule has 14 aromatic carbocycles. The molecule has 0 saturated carbocycles. The zero-order valence-corrected chi connectivity index (χ0v) is 79.8. The molecule has 0 fully saturated rings. The van der Waals surface area contributed by atoms with E-state index >= 15 is 0 Å². The molecule has 0 atom stereocenters. The molecular formula is C128H78N6O12. The predicted molar refractivity (Wildman–Crippen MR) is 565 cm³/mol. The summed E-state index contributed by atoms with van der Waals surface area (Å²) in [6.45, 7) is 13.9. The van der Waals surface area contributed by atoms with E-state index in [1.807, 2.05) is 84.9 Å². The second kappa shape index (κ2) is 45.3. The molecule has 0 bridgehead atoms. The van der Waals surface area contributed by atoms with Crippen molar-refractivity contribution < 1.29 is 57.5 Å². The van der Waals surface area contributed by atoms with Crippen LogP contribution in [0.4, 0.5) is 34.1 Å². The summed E-state index contributed by atoms with van der Waals surface area (Å²) in [5.41, 5.74) is 18.4. The molecule has 146 heavy (non-hydrogen) atoms. The minimum atomic E-state index is -0.353. The Labute approximate surface area is 845 Å². The lowest BCUT2D eigenvalue weighted by Crippen LogP contribution is -2.29. The Hall–Kier alpha value is -21.4. The van der Waals surface area contributed by atoms with Crippen LogP contribution in [0, 0.1) is 143 Å². The molecule has 0 unspecified atom stereocenters. The highest BCUT2D eigenvalue weighted by Crippen LogP contribution is 2.37. The molecule has 692 valence electrons. The van der Waals surface area contributed by atoms with Crippen LogP contribution in [0.1, 0.15) is 258 Å². The van der Waals surface area contributed by atoms with Crippen LogP contribution in [-0.4, -0.2) is 70.9 Å². The van der Waals surface area contributed by atoms with Crippen molar-refractivity contribution in [3.63, 3.8) is 0 Å². The third-order valence-electron chi connectivity index (χ3n) is 22.7. The molecule has 0 spiro atoms. The first-order valence-corrected chi connectivity index (χ1v) is 45.2. The van der Waals surface area contributed by atoms with Gasteiger partial charge in [0, 0.05) is 77.9 Å². The molecule has 18 nitrogen and oxygen atoms in total. The fourth-order valence-corrected chi connectivity index (χ4v) is 16.1. The summed E-state index contributed by atoms with van der Waals surface area (Å²) in [6, 6.07) is 91.7. The van der Waals surface area contributed by atoms with Crippen molar-refractivity contribution in [1.29, 1.82) is 0 Å². The number of carbonyl (C=O) groups is 12. The molecule has 0 saturated heterocycles. The minimum absolute atomic E-state index is 0.310. The molecule has 6 heterocycles. The van der Waals surface area contributed by atoms with E-state index in [2.05, 4.69) is 130 Å². The molecule has 0 radical (unpaired) electrons. The lowest BCUT2D eigenvalue weighted by atomic mass is 10.1. The molecule has 18 heteroatoms. The van der Waals surface area contributed by atoms with E-state index in [4.69, 9.17) is 12.8 Å². The van der Waals surface area contributed by atoms with Crippen molar-refractivity contribution in [2.24, 2.45) is 0 Å². The van der Waals surface area contributed by atoms with Crippen LogP contribution in [-0.2, 0) is 0 Å². The van der Waals surface area contributed by atoms with Gasteiger partial charge in [0.1, 0.15) is 0 Å². The standard InChI is InChI=1S/2C25H15NO2.2C20H13NO2.2C19H11NO2/c1-2-7-19-14-15-22-23(17-19)25(28)26(24(22)27)21-11-6-10-20(16-21)13-12-18-8-4-3-5-9-18;1-2-6-20-13-16-22-23(17-20)25(28)26(24(22)27)21-14-11-19(12-15-21)10-9-18-7-4-3-5-8-18;1-3-6-14-8-5-9-16(12-14)21-19(22)17-11-10-15(7-4-2)13-18(17)20(21)23;1-3-5-14-7-10-16(11-8-14)21-19(22)17-12-9-15(6-4-2)13-18(17)20(21)23;1-3-6-14-9-10-16-17(12-14)19(22)20(18(16)21)15-8-5-7-13(4-2)11-15;1-3-5-14-8-11-16-17(12-14)19(22)20(18(16)21)15-9-6-13(4-2)7-10-15/h3-6,8-11,14-17H,1H3;3-5,7-8,11-17H,1H3;5,8-13H,1-2H3;7-13H,1-2H3;2,5,7-12H,1H3;2,6-12H,1H3. The number of imide groups is 6. The van der Waals surface area contributed by atoms with Crippen molar-refractivity contribution in [2.45, 2.75) is 55.4 Å². The molecule has 0 aliphatic carbocycles. The number of hydrogen-bond donors (Lipinski definition) is 0. The van der Waals surface area contributed by atoms with E-state index in [-0.39, 0.29) is 70.9 Å². The van der Waals surface area contributed by atoms with Gasteiger partial charge in [0.05, 0.1) is 101 Å². The number of fused-ring (bicyclic) bond motifs is 6. The van der Waals surface area contributed by atoms with E-state index in [0.717, 1.165) is 59.9 Å². The topological polar surface area (TPSA) is 224 Å². The third kappa shape index (κ3) is 21.5.